The van der Waals surface area contributed by atoms with Crippen LogP contribution in [0.5, 0.6) is 0 Å². The van der Waals surface area contributed by atoms with Crippen LogP contribution < -0.4 is 5.32 Å². The van der Waals surface area contributed by atoms with Gasteiger partial charge in [0.05, 0.1) is 6.54 Å². The molecule has 1 aliphatic heterocycles. The van der Waals surface area contributed by atoms with Gasteiger partial charge in [0.2, 0.25) is 0 Å². The van der Waals surface area contributed by atoms with Crippen LogP contribution in [0.2, 0.25) is 0 Å². The zero-order chi connectivity index (χ0) is 21.0. The predicted octanol–water partition coefficient (Wildman–Crippen LogP) is 4.21. The van der Waals surface area contributed by atoms with Gasteiger partial charge in [0.1, 0.15) is 11.4 Å². The smallest absolute Gasteiger partial charge is 0.319 e. The van der Waals surface area contributed by atoms with Crippen molar-refractivity contribution in [1.82, 2.24) is 10.2 Å². The number of nitrogens with zero attached hydrogens (tertiary/aromatic N) is 1. The number of amides is 3. The lowest BCUT2D eigenvalue weighted by molar-refractivity contribution is -0.131. The molecule has 1 aliphatic rings. The van der Waals surface area contributed by atoms with E-state index in [0.29, 0.717) is 24.0 Å². The van der Waals surface area contributed by atoms with Crippen LogP contribution in [0.4, 0.5) is 9.18 Å². The van der Waals surface area contributed by atoms with Crippen LogP contribution in [0.3, 0.4) is 0 Å². The van der Waals surface area contributed by atoms with Crippen molar-refractivity contribution in [2.75, 3.05) is 6.54 Å². The van der Waals surface area contributed by atoms with Gasteiger partial charge in [-0.3, -0.25) is 14.5 Å². The summed E-state index contributed by atoms with van der Waals surface area (Å²) in [6, 6.07) is 12.1. The fourth-order valence-corrected chi connectivity index (χ4v) is 3.62. The number of imide groups is 1. The van der Waals surface area contributed by atoms with Crippen molar-refractivity contribution in [3.05, 3.63) is 71.0 Å². The van der Waals surface area contributed by atoms with Crippen LogP contribution in [0.1, 0.15) is 54.6 Å². The lowest BCUT2D eigenvalue weighted by atomic mass is 9.84. The molecule has 152 valence electrons. The molecule has 2 aromatic rings. The van der Waals surface area contributed by atoms with E-state index in [-0.39, 0.29) is 12.3 Å². The average Bonchev–Trinajstić information content (AvgIpc) is 2.97. The molecule has 1 fully saturated rings. The Morgan fingerprint density at radius 1 is 1.03 bits per heavy atom. The third kappa shape index (κ3) is 4.06. The van der Waals surface area contributed by atoms with Gasteiger partial charge in [-0.2, -0.15) is 0 Å². The van der Waals surface area contributed by atoms with Crippen LogP contribution in [0.15, 0.2) is 48.5 Å². The zero-order valence-corrected chi connectivity index (χ0v) is 16.7. The molecule has 1 N–H and O–H groups in total. The molecule has 6 heteroatoms. The molecule has 0 radical (unpaired) electrons. The quantitative estimate of drug-likeness (QED) is 0.537. The van der Waals surface area contributed by atoms with Gasteiger partial charge in [-0.15, -0.1) is 0 Å². The van der Waals surface area contributed by atoms with Crippen molar-refractivity contribution in [2.24, 2.45) is 0 Å². The van der Waals surface area contributed by atoms with Crippen molar-refractivity contribution in [2.45, 2.75) is 45.1 Å². The van der Waals surface area contributed by atoms with Crippen LogP contribution in [0.25, 0.3) is 0 Å². The van der Waals surface area contributed by atoms with Crippen LogP contribution >= 0.6 is 0 Å². The van der Waals surface area contributed by atoms with Crippen molar-refractivity contribution in [1.29, 1.82) is 0 Å². The highest BCUT2D eigenvalue weighted by molar-refractivity contribution is 6.11. The maximum Gasteiger partial charge on any atom is 0.325 e. The van der Waals surface area contributed by atoms with Gasteiger partial charge in [-0.05, 0) is 36.1 Å². The molecule has 3 amide bonds. The van der Waals surface area contributed by atoms with Gasteiger partial charge in [-0.25, -0.2) is 9.18 Å². The Morgan fingerprint density at radius 2 is 1.69 bits per heavy atom. The molecule has 1 saturated heterocycles. The van der Waals surface area contributed by atoms with E-state index in [2.05, 4.69) is 5.32 Å². The molecule has 5 nitrogen and oxygen atoms in total. The highest BCUT2D eigenvalue weighted by atomic mass is 19.1. The molecule has 1 heterocycles. The minimum Gasteiger partial charge on any atom is -0.319 e. The second-order valence-corrected chi connectivity index (χ2v) is 7.31. The monoisotopic (exact) mass is 396 g/mol. The van der Waals surface area contributed by atoms with E-state index in [0.717, 1.165) is 23.3 Å². The number of hydrogen-bond donors (Lipinski definition) is 1. The van der Waals surface area contributed by atoms with E-state index in [9.17, 15) is 18.8 Å². The van der Waals surface area contributed by atoms with E-state index in [1.165, 1.54) is 24.3 Å². The highest BCUT2D eigenvalue weighted by Gasteiger charge is 2.52. The largest absolute Gasteiger partial charge is 0.325 e. The molecule has 0 spiro atoms. The molecule has 1 atom stereocenters. The SMILES string of the molecule is CCCC[C@]1(c2ccc(F)cc2)NC(=O)N(CC(=O)c2ccc(CC)cc2)C1=O. The average molecular weight is 396 g/mol. The highest BCUT2D eigenvalue weighted by Crippen LogP contribution is 2.34. The summed E-state index contributed by atoms with van der Waals surface area (Å²) in [5, 5.41) is 2.78. The molecular weight excluding hydrogens is 371 g/mol. The normalized spacial score (nSPS) is 18.8. The van der Waals surface area contributed by atoms with Crippen LogP contribution in [-0.2, 0) is 16.8 Å². The van der Waals surface area contributed by atoms with Crippen molar-refractivity contribution in [3.63, 3.8) is 0 Å². The first kappa shape index (κ1) is 20.7. The van der Waals surface area contributed by atoms with E-state index in [1.54, 1.807) is 12.1 Å². The summed E-state index contributed by atoms with van der Waals surface area (Å²) in [6.07, 6.45) is 2.77. The Morgan fingerprint density at radius 3 is 2.28 bits per heavy atom. The molecule has 0 aromatic heterocycles. The second kappa shape index (κ2) is 8.55. The zero-order valence-electron chi connectivity index (χ0n) is 16.7. The summed E-state index contributed by atoms with van der Waals surface area (Å²) in [4.78, 5) is 39.6. The standard InChI is InChI=1S/C23H25FN2O3/c1-3-5-14-23(18-10-12-19(24)13-11-18)21(28)26(22(29)25-23)15-20(27)17-8-6-16(4-2)7-9-17/h6-13H,3-5,14-15H2,1-2H3,(H,25,29)/t23-/m1/s1. The third-order valence-corrected chi connectivity index (χ3v) is 5.40. The molecule has 29 heavy (non-hydrogen) atoms. The predicted molar refractivity (Wildman–Crippen MR) is 108 cm³/mol. The Hall–Kier alpha value is -3.02. The summed E-state index contributed by atoms with van der Waals surface area (Å²) in [5.41, 5.74) is 0.808. The summed E-state index contributed by atoms with van der Waals surface area (Å²) < 4.78 is 13.4. The van der Waals surface area contributed by atoms with E-state index < -0.39 is 23.3 Å². The van der Waals surface area contributed by atoms with Crippen LogP contribution in [-0.4, -0.2) is 29.2 Å². The number of carbonyl (C=O) groups excluding carboxylic acids is 3. The number of hydrogen-bond acceptors (Lipinski definition) is 3. The summed E-state index contributed by atoms with van der Waals surface area (Å²) in [6.45, 7) is 3.68. The van der Waals surface area contributed by atoms with Gasteiger partial charge in [0.15, 0.2) is 5.78 Å². The molecule has 0 unspecified atom stereocenters. The van der Waals surface area contributed by atoms with Crippen LogP contribution in [0, 0.1) is 5.82 Å². The lowest BCUT2D eigenvalue weighted by Crippen LogP contribution is -2.44. The number of Topliss-reactive ketones (excluding diaryl/α,β-unsaturated/α-hetero) is 1. The first-order chi connectivity index (χ1) is 13.9. The fourth-order valence-electron chi connectivity index (χ4n) is 3.62. The molecule has 0 bridgehead atoms. The molecule has 0 aliphatic carbocycles. The molecule has 3 rings (SSSR count). The Kier molecular flexibility index (Phi) is 6.11. The van der Waals surface area contributed by atoms with E-state index >= 15 is 0 Å². The Balaban J connectivity index is 1.86. The summed E-state index contributed by atoms with van der Waals surface area (Å²) >= 11 is 0. The summed E-state index contributed by atoms with van der Waals surface area (Å²) in [5.74, 6) is -1.19. The number of rotatable bonds is 8. The molecule has 0 saturated carbocycles. The maximum atomic E-state index is 13.4. The summed E-state index contributed by atoms with van der Waals surface area (Å²) in [7, 11) is 0. The van der Waals surface area contributed by atoms with Gasteiger partial charge >= 0.3 is 6.03 Å². The number of halogens is 1. The van der Waals surface area contributed by atoms with Gasteiger partial charge in [-0.1, -0.05) is 63.1 Å². The molecule has 2 aromatic carbocycles. The molecular formula is C23H25FN2O3. The van der Waals surface area contributed by atoms with E-state index in [1.807, 2.05) is 26.0 Å². The minimum absolute atomic E-state index is 0.304. The number of carbonyl (C=O) groups is 3. The second-order valence-electron chi connectivity index (χ2n) is 7.31. The minimum atomic E-state index is -1.27. The van der Waals surface area contributed by atoms with Gasteiger partial charge in [0.25, 0.3) is 5.91 Å². The van der Waals surface area contributed by atoms with Crippen molar-refractivity contribution >= 4 is 17.7 Å². The first-order valence-corrected chi connectivity index (χ1v) is 9.93. The first-order valence-electron chi connectivity index (χ1n) is 9.93. The fraction of sp³-hybridized carbons (Fsp3) is 0.348. The maximum absolute atomic E-state index is 13.4. The Bertz CT molecular complexity index is 909. The number of aryl methyl sites for hydroxylation is 1. The lowest BCUT2D eigenvalue weighted by Gasteiger charge is -2.27. The number of ketones is 1. The van der Waals surface area contributed by atoms with Gasteiger partial charge < -0.3 is 5.32 Å². The van der Waals surface area contributed by atoms with Crippen molar-refractivity contribution in [3.8, 4) is 0 Å². The number of nitrogens with one attached hydrogen (secondary N) is 1. The Labute approximate surface area is 169 Å². The van der Waals surface area contributed by atoms with Crippen molar-refractivity contribution < 1.29 is 18.8 Å². The van der Waals surface area contributed by atoms with E-state index in [4.69, 9.17) is 0 Å². The number of unbranched alkanes of at least 4 members (excludes halogenated alkanes) is 1. The number of benzene rings is 2. The topological polar surface area (TPSA) is 66.5 Å². The number of urea groups is 1. The third-order valence-electron chi connectivity index (χ3n) is 5.40. The van der Waals surface area contributed by atoms with Gasteiger partial charge in [0, 0.05) is 5.56 Å².